The number of anilines is 1. The lowest BCUT2D eigenvalue weighted by molar-refractivity contribution is -0.132. The number of aliphatic carboxylic acids is 1. The highest BCUT2D eigenvalue weighted by Gasteiger charge is 2.46. The molecule has 2 unspecified atom stereocenters. The van der Waals surface area contributed by atoms with Crippen molar-refractivity contribution in [1.82, 2.24) is 0 Å². The zero-order chi connectivity index (χ0) is 25.6. The van der Waals surface area contributed by atoms with Gasteiger partial charge in [-0.3, -0.25) is 0 Å². The third-order valence-corrected chi connectivity index (χ3v) is 7.72. The zero-order valence-corrected chi connectivity index (χ0v) is 21.5. The Bertz CT molecular complexity index is 1220. The average molecular weight is 490 g/mol. The van der Waals surface area contributed by atoms with Crippen molar-refractivity contribution in [2.24, 2.45) is 5.92 Å². The van der Waals surface area contributed by atoms with E-state index in [4.69, 9.17) is 9.47 Å². The van der Waals surface area contributed by atoms with Crippen molar-refractivity contribution in [3.8, 4) is 5.75 Å². The normalized spacial score (nSPS) is 21.6. The van der Waals surface area contributed by atoms with E-state index in [9.17, 15) is 14.7 Å². The fraction of sp³-hybridized carbons (Fsp3) is 0.467. The van der Waals surface area contributed by atoms with Crippen LogP contribution in [0.25, 0.3) is 6.08 Å². The molecule has 0 radical (unpaired) electrons. The number of carboxylic acid groups (broad SMARTS) is 1. The second kappa shape index (κ2) is 9.30. The molecule has 3 aliphatic rings. The quantitative estimate of drug-likeness (QED) is 0.504. The molecule has 0 amide bonds. The van der Waals surface area contributed by atoms with Crippen LogP contribution in [0.2, 0.25) is 0 Å². The highest BCUT2D eigenvalue weighted by atomic mass is 16.6. The van der Waals surface area contributed by atoms with Crippen molar-refractivity contribution < 1.29 is 24.2 Å². The van der Waals surface area contributed by atoms with Crippen LogP contribution in [0.15, 0.2) is 42.0 Å². The number of carbonyl (C=O) groups is 2. The van der Waals surface area contributed by atoms with E-state index >= 15 is 0 Å². The van der Waals surface area contributed by atoms with Crippen molar-refractivity contribution in [2.45, 2.75) is 70.4 Å². The van der Waals surface area contributed by atoms with Crippen LogP contribution in [0.3, 0.4) is 0 Å². The number of esters is 1. The standard InChI is InChI=1S/C30H35NO5/c1-30(2,3)36-29(34)19-10-12-24-25(16-19)31-17-21(28(32)33)14-20-15-22(35-4)11-13-23(20)27(31)26(24)18-8-6-5-7-9-18/h10-16,18,26-27H,5-9,17H2,1-4H3,(H,32,33). The van der Waals surface area contributed by atoms with Gasteiger partial charge in [-0.1, -0.05) is 31.4 Å². The number of methoxy groups -OCH3 is 1. The summed E-state index contributed by atoms with van der Waals surface area (Å²) in [6.45, 7) is 5.84. The van der Waals surface area contributed by atoms with Crippen LogP contribution >= 0.6 is 0 Å². The number of hydrogen-bond donors (Lipinski definition) is 1. The van der Waals surface area contributed by atoms with Gasteiger partial charge in [0.1, 0.15) is 11.4 Å². The van der Waals surface area contributed by atoms with Crippen LogP contribution in [0.5, 0.6) is 5.75 Å². The first-order valence-electron chi connectivity index (χ1n) is 12.9. The molecule has 2 atom stereocenters. The second-order valence-electron chi connectivity index (χ2n) is 11.2. The topological polar surface area (TPSA) is 76.1 Å². The molecule has 6 heteroatoms. The van der Waals surface area contributed by atoms with Crippen LogP contribution < -0.4 is 9.64 Å². The molecule has 1 N–H and O–H groups in total. The van der Waals surface area contributed by atoms with Crippen LogP contribution in [0, 0.1) is 5.92 Å². The summed E-state index contributed by atoms with van der Waals surface area (Å²) in [4.78, 5) is 27.4. The molecule has 1 saturated carbocycles. The van der Waals surface area contributed by atoms with Gasteiger partial charge in [0.25, 0.3) is 0 Å². The molecule has 1 fully saturated rings. The number of carboxylic acids is 1. The van der Waals surface area contributed by atoms with Gasteiger partial charge in [-0.25, -0.2) is 9.59 Å². The molecule has 2 aromatic carbocycles. The van der Waals surface area contributed by atoms with Crippen molar-refractivity contribution in [3.63, 3.8) is 0 Å². The van der Waals surface area contributed by atoms with Crippen LogP contribution in [0.4, 0.5) is 5.69 Å². The van der Waals surface area contributed by atoms with Gasteiger partial charge in [0.05, 0.1) is 30.8 Å². The monoisotopic (exact) mass is 489 g/mol. The van der Waals surface area contributed by atoms with E-state index in [0.29, 0.717) is 22.8 Å². The Kier molecular flexibility index (Phi) is 6.31. The second-order valence-corrected chi connectivity index (χ2v) is 11.2. The minimum atomic E-state index is -0.935. The molecule has 0 bridgehead atoms. The predicted octanol–water partition coefficient (Wildman–Crippen LogP) is 6.36. The van der Waals surface area contributed by atoms with Gasteiger partial charge < -0.3 is 19.5 Å². The SMILES string of the molecule is COc1ccc2c(c1)C=C(C(=O)O)CN1c3cc(C(=O)OC(C)(C)C)ccc3C(C3CCCCC3)C21. The third kappa shape index (κ3) is 4.49. The van der Waals surface area contributed by atoms with Crippen LogP contribution in [0.1, 0.15) is 91.9 Å². The number of ether oxygens (including phenoxy) is 2. The lowest BCUT2D eigenvalue weighted by Crippen LogP contribution is -2.32. The van der Waals surface area contributed by atoms with Gasteiger partial charge >= 0.3 is 11.9 Å². The maximum absolute atomic E-state index is 13.0. The van der Waals surface area contributed by atoms with Gasteiger partial charge in [-0.2, -0.15) is 0 Å². The van der Waals surface area contributed by atoms with Gasteiger partial charge in [0, 0.05) is 11.6 Å². The maximum atomic E-state index is 13.0. The summed E-state index contributed by atoms with van der Waals surface area (Å²) < 4.78 is 11.1. The number of rotatable bonds is 4. The summed E-state index contributed by atoms with van der Waals surface area (Å²) in [5.74, 6) is 0.135. The molecular weight excluding hydrogens is 454 g/mol. The molecule has 2 aliphatic heterocycles. The van der Waals surface area contributed by atoms with Crippen molar-refractivity contribution >= 4 is 23.7 Å². The average Bonchev–Trinajstić information content (AvgIpc) is 3.05. The molecule has 6 nitrogen and oxygen atoms in total. The molecule has 5 rings (SSSR count). The van der Waals surface area contributed by atoms with E-state index in [2.05, 4.69) is 17.0 Å². The fourth-order valence-corrected chi connectivity index (χ4v) is 6.22. The summed E-state index contributed by atoms with van der Waals surface area (Å²) in [7, 11) is 1.63. The third-order valence-electron chi connectivity index (χ3n) is 7.72. The Morgan fingerprint density at radius 2 is 1.72 bits per heavy atom. The van der Waals surface area contributed by atoms with Gasteiger partial charge in [0.2, 0.25) is 0 Å². The Hall–Kier alpha value is -3.28. The van der Waals surface area contributed by atoms with Crippen molar-refractivity contribution in [2.75, 3.05) is 18.6 Å². The number of nitrogens with zero attached hydrogens (tertiary/aromatic N) is 1. The molecule has 36 heavy (non-hydrogen) atoms. The van der Waals surface area contributed by atoms with E-state index in [-0.39, 0.29) is 24.5 Å². The molecule has 0 spiro atoms. The number of carbonyl (C=O) groups excluding carboxylic acids is 1. The van der Waals surface area contributed by atoms with Crippen LogP contribution in [-0.4, -0.2) is 36.3 Å². The lowest BCUT2D eigenvalue weighted by Gasteiger charge is -2.36. The fourth-order valence-electron chi connectivity index (χ4n) is 6.22. The summed E-state index contributed by atoms with van der Waals surface area (Å²) in [5, 5.41) is 10.1. The maximum Gasteiger partial charge on any atom is 0.338 e. The van der Waals surface area contributed by atoms with Crippen LogP contribution in [-0.2, 0) is 9.53 Å². The Morgan fingerprint density at radius 1 is 1.00 bits per heavy atom. The van der Waals surface area contributed by atoms with Gasteiger partial charge in [0.15, 0.2) is 0 Å². The summed E-state index contributed by atoms with van der Waals surface area (Å²) in [6.07, 6.45) is 7.80. The molecule has 2 heterocycles. The molecule has 0 aromatic heterocycles. The Labute approximate surface area is 212 Å². The first kappa shape index (κ1) is 24.4. The first-order valence-corrected chi connectivity index (χ1v) is 12.9. The highest BCUT2D eigenvalue weighted by molar-refractivity contribution is 5.96. The Morgan fingerprint density at radius 3 is 2.39 bits per heavy atom. The zero-order valence-electron chi connectivity index (χ0n) is 21.5. The van der Waals surface area contributed by atoms with Crippen molar-refractivity contribution in [3.05, 3.63) is 64.2 Å². The van der Waals surface area contributed by atoms with Gasteiger partial charge in [-0.15, -0.1) is 0 Å². The minimum absolute atomic E-state index is 0.00834. The summed E-state index contributed by atoms with van der Waals surface area (Å²) in [6, 6.07) is 11.8. The van der Waals surface area contributed by atoms with E-state index in [1.807, 2.05) is 45.0 Å². The summed E-state index contributed by atoms with van der Waals surface area (Å²) >= 11 is 0. The Balaban J connectivity index is 1.67. The minimum Gasteiger partial charge on any atom is -0.497 e. The summed E-state index contributed by atoms with van der Waals surface area (Å²) in [5.41, 5.74) is 4.36. The first-order chi connectivity index (χ1) is 17.2. The van der Waals surface area contributed by atoms with Gasteiger partial charge in [-0.05, 0) is 86.6 Å². The number of benzene rings is 2. The highest BCUT2D eigenvalue weighted by Crippen LogP contribution is 2.57. The lowest BCUT2D eigenvalue weighted by atomic mass is 9.73. The number of hydrogen-bond acceptors (Lipinski definition) is 5. The molecular formula is C30H35NO5. The van der Waals surface area contributed by atoms with E-state index in [0.717, 1.165) is 29.7 Å². The smallest absolute Gasteiger partial charge is 0.338 e. The predicted molar refractivity (Wildman–Crippen MR) is 140 cm³/mol. The molecule has 190 valence electrons. The van der Waals surface area contributed by atoms with E-state index < -0.39 is 11.6 Å². The van der Waals surface area contributed by atoms with Crippen molar-refractivity contribution in [1.29, 1.82) is 0 Å². The van der Waals surface area contributed by atoms with E-state index in [1.165, 1.54) is 24.8 Å². The number of fused-ring (bicyclic) bond motifs is 5. The molecule has 2 aromatic rings. The van der Waals surface area contributed by atoms with E-state index in [1.54, 1.807) is 13.2 Å². The molecule has 1 aliphatic carbocycles. The largest absolute Gasteiger partial charge is 0.497 e. The molecule has 0 saturated heterocycles.